The van der Waals surface area contributed by atoms with Crippen LogP contribution in [0, 0.1) is 0 Å². The topological polar surface area (TPSA) is 78.0 Å². The molecule has 0 aromatic carbocycles. The lowest BCUT2D eigenvalue weighted by Gasteiger charge is -2.11. The van der Waals surface area contributed by atoms with Crippen LogP contribution in [0.5, 0.6) is 0 Å². The summed E-state index contributed by atoms with van der Waals surface area (Å²) in [7, 11) is 1.71. The van der Waals surface area contributed by atoms with Gasteiger partial charge in [-0.3, -0.25) is 14.2 Å². The lowest BCUT2D eigenvalue weighted by Crippen LogP contribution is -2.25. The first-order valence-electron chi connectivity index (χ1n) is 6.96. The molecule has 0 spiro atoms. The number of aryl methyl sites for hydroxylation is 2. The van der Waals surface area contributed by atoms with Crippen LogP contribution in [0.25, 0.3) is 10.2 Å². The van der Waals surface area contributed by atoms with E-state index in [0.717, 1.165) is 29.5 Å². The molecule has 0 saturated heterocycles. The second-order valence-corrected chi connectivity index (χ2v) is 7.70. The molecule has 7 heteroatoms. The summed E-state index contributed by atoms with van der Waals surface area (Å²) in [5.41, 5.74) is 6.47. The number of carbonyl (C=O) groups is 1. The van der Waals surface area contributed by atoms with Crippen molar-refractivity contribution in [3.05, 3.63) is 20.8 Å². The van der Waals surface area contributed by atoms with Crippen LogP contribution in [-0.4, -0.2) is 20.7 Å². The average molecular weight is 323 g/mol. The second-order valence-electron chi connectivity index (χ2n) is 5.31. The van der Waals surface area contributed by atoms with Crippen LogP contribution in [0.15, 0.2) is 9.95 Å². The van der Waals surface area contributed by atoms with Gasteiger partial charge >= 0.3 is 0 Å². The Bertz CT molecular complexity index is 779. The van der Waals surface area contributed by atoms with E-state index >= 15 is 0 Å². The molecule has 0 radical (unpaired) electrons. The van der Waals surface area contributed by atoms with Crippen molar-refractivity contribution in [2.45, 2.75) is 43.0 Å². The SMILES string of the molecule is C[C@@H](Sc1nc2sc3c(c2c(=O)n1C)CCCC3)C(N)=O. The largest absolute Gasteiger partial charge is 0.369 e. The molecular weight excluding hydrogens is 306 g/mol. The van der Waals surface area contributed by atoms with Crippen molar-refractivity contribution in [2.75, 3.05) is 0 Å². The zero-order valence-electron chi connectivity index (χ0n) is 12.0. The summed E-state index contributed by atoms with van der Waals surface area (Å²) in [6, 6.07) is 0. The highest BCUT2D eigenvalue weighted by Crippen LogP contribution is 2.34. The summed E-state index contributed by atoms with van der Waals surface area (Å²) < 4.78 is 1.54. The molecular formula is C14H17N3O2S2. The van der Waals surface area contributed by atoms with Crippen LogP contribution < -0.4 is 11.3 Å². The molecule has 21 heavy (non-hydrogen) atoms. The molecule has 0 fully saturated rings. The minimum atomic E-state index is -0.407. The van der Waals surface area contributed by atoms with E-state index in [-0.39, 0.29) is 5.56 Å². The third-order valence-corrected chi connectivity index (χ3v) is 6.19. The second kappa shape index (κ2) is 5.46. The van der Waals surface area contributed by atoms with Gasteiger partial charge in [-0.1, -0.05) is 11.8 Å². The molecule has 5 nitrogen and oxygen atoms in total. The highest BCUT2D eigenvalue weighted by atomic mass is 32.2. The van der Waals surface area contributed by atoms with Gasteiger partial charge in [0.15, 0.2) is 5.16 Å². The van der Waals surface area contributed by atoms with E-state index in [1.54, 1.807) is 25.3 Å². The molecule has 1 aliphatic carbocycles. The first-order chi connectivity index (χ1) is 9.99. The predicted molar refractivity (Wildman–Crippen MR) is 86.0 cm³/mol. The Balaban J connectivity index is 2.15. The number of aromatic nitrogens is 2. The number of amides is 1. The van der Waals surface area contributed by atoms with Crippen molar-refractivity contribution in [2.24, 2.45) is 12.8 Å². The summed E-state index contributed by atoms with van der Waals surface area (Å²) in [5, 5.41) is 0.917. The van der Waals surface area contributed by atoms with Gasteiger partial charge in [0.1, 0.15) is 4.83 Å². The summed E-state index contributed by atoms with van der Waals surface area (Å²) >= 11 is 2.86. The van der Waals surface area contributed by atoms with Crippen molar-refractivity contribution in [1.29, 1.82) is 0 Å². The molecule has 0 saturated carbocycles. The number of hydrogen-bond acceptors (Lipinski definition) is 5. The molecule has 2 heterocycles. The van der Waals surface area contributed by atoms with Crippen LogP contribution in [0.2, 0.25) is 0 Å². The molecule has 2 aromatic heterocycles. The predicted octanol–water partition coefficient (Wildman–Crippen LogP) is 1.84. The van der Waals surface area contributed by atoms with E-state index in [2.05, 4.69) is 4.98 Å². The normalized spacial score (nSPS) is 15.9. The standard InChI is InChI=1S/C14H17N3O2S2/c1-7(11(15)18)20-14-16-12-10(13(19)17(14)2)8-5-3-4-6-9(8)21-12/h7H,3-6H2,1-2H3,(H2,15,18)/t7-/m1/s1. The van der Waals surface area contributed by atoms with E-state index in [1.165, 1.54) is 33.2 Å². The Morgan fingerprint density at radius 3 is 2.86 bits per heavy atom. The Kier molecular flexibility index (Phi) is 3.79. The monoisotopic (exact) mass is 323 g/mol. The molecule has 112 valence electrons. The third-order valence-electron chi connectivity index (χ3n) is 3.84. The number of thiophene rings is 1. The van der Waals surface area contributed by atoms with E-state index in [1.807, 2.05) is 0 Å². The zero-order valence-corrected chi connectivity index (χ0v) is 13.6. The van der Waals surface area contributed by atoms with E-state index in [9.17, 15) is 9.59 Å². The van der Waals surface area contributed by atoms with Crippen molar-refractivity contribution >= 4 is 39.2 Å². The summed E-state index contributed by atoms with van der Waals surface area (Å²) in [6.45, 7) is 1.72. The molecule has 1 amide bonds. The third kappa shape index (κ3) is 2.48. The Labute approximate surface area is 130 Å². The first kappa shape index (κ1) is 14.6. The minimum absolute atomic E-state index is 0.0152. The van der Waals surface area contributed by atoms with E-state index < -0.39 is 11.2 Å². The molecule has 3 rings (SSSR count). The number of nitrogens with two attached hydrogens (primary N) is 1. The van der Waals surface area contributed by atoms with Gasteiger partial charge in [-0.15, -0.1) is 11.3 Å². The lowest BCUT2D eigenvalue weighted by molar-refractivity contribution is -0.117. The minimum Gasteiger partial charge on any atom is -0.369 e. The molecule has 0 aliphatic heterocycles. The Morgan fingerprint density at radius 1 is 1.43 bits per heavy atom. The Morgan fingerprint density at radius 2 is 2.14 bits per heavy atom. The number of carbonyl (C=O) groups excluding carboxylic acids is 1. The molecule has 0 unspecified atom stereocenters. The quantitative estimate of drug-likeness (QED) is 0.690. The highest BCUT2D eigenvalue weighted by Gasteiger charge is 2.22. The number of hydrogen-bond donors (Lipinski definition) is 1. The fourth-order valence-electron chi connectivity index (χ4n) is 2.59. The molecule has 1 atom stereocenters. The fraction of sp³-hybridized carbons (Fsp3) is 0.500. The summed E-state index contributed by atoms with van der Waals surface area (Å²) in [5.74, 6) is -0.403. The number of fused-ring (bicyclic) bond motifs is 3. The Hall–Kier alpha value is -1.34. The first-order valence-corrected chi connectivity index (χ1v) is 8.66. The van der Waals surface area contributed by atoms with Gasteiger partial charge in [-0.25, -0.2) is 4.98 Å². The van der Waals surface area contributed by atoms with Crippen molar-refractivity contribution in [1.82, 2.24) is 9.55 Å². The number of rotatable bonds is 3. The number of thioether (sulfide) groups is 1. The summed E-state index contributed by atoms with van der Waals surface area (Å²) in [6.07, 6.45) is 4.33. The van der Waals surface area contributed by atoms with Gasteiger partial charge in [0.25, 0.3) is 5.56 Å². The maximum Gasteiger partial charge on any atom is 0.262 e. The lowest BCUT2D eigenvalue weighted by atomic mass is 9.97. The van der Waals surface area contributed by atoms with Gasteiger partial charge in [0, 0.05) is 11.9 Å². The van der Waals surface area contributed by atoms with Gasteiger partial charge in [-0.05, 0) is 38.2 Å². The highest BCUT2D eigenvalue weighted by molar-refractivity contribution is 8.00. The fourth-order valence-corrected chi connectivity index (χ4v) is 4.72. The molecule has 0 bridgehead atoms. The van der Waals surface area contributed by atoms with Crippen molar-refractivity contribution in [3.63, 3.8) is 0 Å². The van der Waals surface area contributed by atoms with Gasteiger partial charge in [-0.2, -0.15) is 0 Å². The maximum atomic E-state index is 12.6. The van der Waals surface area contributed by atoms with Gasteiger partial charge in [0.05, 0.1) is 10.6 Å². The molecule has 2 aromatic rings. The smallest absolute Gasteiger partial charge is 0.262 e. The maximum absolute atomic E-state index is 12.6. The van der Waals surface area contributed by atoms with E-state index in [0.29, 0.717) is 5.16 Å². The van der Waals surface area contributed by atoms with Crippen LogP contribution >= 0.6 is 23.1 Å². The summed E-state index contributed by atoms with van der Waals surface area (Å²) in [4.78, 5) is 30.5. The average Bonchev–Trinajstić information content (AvgIpc) is 2.82. The van der Waals surface area contributed by atoms with Crippen LogP contribution in [0.1, 0.15) is 30.2 Å². The van der Waals surface area contributed by atoms with Gasteiger partial charge in [0.2, 0.25) is 5.91 Å². The number of primary amides is 1. The van der Waals surface area contributed by atoms with Gasteiger partial charge < -0.3 is 5.73 Å². The molecule has 1 aliphatic rings. The van der Waals surface area contributed by atoms with E-state index in [4.69, 9.17) is 5.73 Å². The molecule has 2 N–H and O–H groups in total. The van der Waals surface area contributed by atoms with Crippen LogP contribution in [0.3, 0.4) is 0 Å². The van der Waals surface area contributed by atoms with Crippen molar-refractivity contribution in [3.8, 4) is 0 Å². The van der Waals surface area contributed by atoms with Crippen LogP contribution in [0.4, 0.5) is 0 Å². The zero-order chi connectivity index (χ0) is 15.1. The van der Waals surface area contributed by atoms with Crippen molar-refractivity contribution < 1.29 is 4.79 Å². The van der Waals surface area contributed by atoms with Crippen LogP contribution in [-0.2, 0) is 24.7 Å². The number of nitrogens with zero attached hydrogens (tertiary/aromatic N) is 2.